The fourth-order valence-electron chi connectivity index (χ4n) is 1.84. The van der Waals surface area contributed by atoms with Crippen LogP contribution in [0.5, 0.6) is 0 Å². The van der Waals surface area contributed by atoms with Gasteiger partial charge in [0, 0.05) is 6.04 Å². The predicted molar refractivity (Wildman–Crippen MR) is 47.1 cm³/mol. The number of hydrogen-bond donors (Lipinski definition) is 2. The minimum Gasteiger partial charge on any atom is -0.480 e. The number of carboxylic acid groups (broad SMARTS) is 1. The summed E-state index contributed by atoms with van der Waals surface area (Å²) in [5.74, 6) is -0.764. The lowest BCUT2D eigenvalue weighted by atomic mass is 9.92. The molecule has 1 aliphatic carbocycles. The van der Waals surface area contributed by atoms with Crippen molar-refractivity contribution >= 4 is 5.97 Å². The fraction of sp³-hybridized carbons (Fsp3) is 0.889. The number of nitrogens with one attached hydrogen (secondary N) is 1. The highest BCUT2D eigenvalue weighted by atomic mass is 16.4. The number of rotatable bonds is 3. The number of hydrogen-bond acceptors (Lipinski definition) is 2. The highest BCUT2D eigenvalue weighted by Gasteiger charge is 2.30. The van der Waals surface area contributed by atoms with Crippen LogP contribution in [0.2, 0.25) is 0 Å². The zero-order valence-corrected chi connectivity index (χ0v) is 7.76. The Morgan fingerprint density at radius 3 is 2.75 bits per heavy atom. The van der Waals surface area contributed by atoms with Crippen molar-refractivity contribution in [2.24, 2.45) is 5.41 Å². The highest BCUT2D eigenvalue weighted by Crippen LogP contribution is 2.36. The van der Waals surface area contributed by atoms with Gasteiger partial charge in [-0.2, -0.15) is 0 Å². The minimum atomic E-state index is -0.764. The monoisotopic (exact) mass is 171 g/mol. The minimum absolute atomic E-state index is 0.0980. The summed E-state index contributed by atoms with van der Waals surface area (Å²) in [5, 5.41) is 11.5. The van der Waals surface area contributed by atoms with E-state index in [4.69, 9.17) is 5.11 Å². The molecule has 0 aromatic heterocycles. The number of aliphatic carboxylic acids is 1. The van der Waals surface area contributed by atoms with Crippen molar-refractivity contribution in [3.63, 3.8) is 0 Å². The molecule has 1 aliphatic rings. The molecular formula is C9H17NO2. The molecule has 0 aromatic carbocycles. The van der Waals surface area contributed by atoms with Gasteiger partial charge in [0.25, 0.3) is 0 Å². The molecule has 0 spiro atoms. The Labute approximate surface area is 73.2 Å². The van der Waals surface area contributed by atoms with E-state index in [9.17, 15) is 4.79 Å². The van der Waals surface area contributed by atoms with Gasteiger partial charge in [0.2, 0.25) is 0 Å². The molecule has 2 N–H and O–H groups in total. The Hall–Kier alpha value is -0.570. The summed E-state index contributed by atoms with van der Waals surface area (Å²) in [6.07, 6.45) is 3.41. The van der Waals surface area contributed by atoms with Crippen molar-refractivity contribution in [1.82, 2.24) is 5.32 Å². The van der Waals surface area contributed by atoms with Crippen LogP contribution in [0.4, 0.5) is 0 Å². The molecule has 0 heterocycles. The molecule has 0 radical (unpaired) electrons. The average molecular weight is 171 g/mol. The maximum absolute atomic E-state index is 10.3. The molecule has 12 heavy (non-hydrogen) atoms. The van der Waals surface area contributed by atoms with Crippen LogP contribution >= 0.6 is 0 Å². The van der Waals surface area contributed by atoms with Gasteiger partial charge in [0.05, 0.1) is 6.54 Å². The third-order valence-corrected chi connectivity index (χ3v) is 2.51. The second-order valence-electron chi connectivity index (χ2n) is 4.38. The first-order chi connectivity index (χ1) is 5.49. The molecule has 1 fully saturated rings. The van der Waals surface area contributed by atoms with E-state index in [-0.39, 0.29) is 6.54 Å². The molecule has 0 bridgehead atoms. The second kappa shape index (κ2) is 3.44. The number of carboxylic acids is 1. The molecule has 1 atom stereocenters. The van der Waals surface area contributed by atoms with Crippen molar-refractivity contribution in [3.05, 3.63) is 0 Å². The second-order valence-corrected chi connectivity index (χ2v) is 4.38. The van der Waals surface area contributed by atoms with Gasteiger partial charge in [-0.1, -0.05) is 13.8 Å². The summed E-state index contributed by atoms with van der Waals surface area (Å²) in [4.78, 5) is 10.3. The van der Waals surface area contributed by atoms with Gasteiger partial charge >= 0.3 is 5.97 Å². The predicted octanol–water partition coefficient (Wildman–Crippen LogP) is 1.24. The van der Waals surface area contributed by atoms with E-state index in [2.05, 4.69) is 19.2 Å². The van der Waals surface area contributed by atoms with Gasteiger partial charge in [-0.15, -0.1) is 0 Å². The first-order valence-electron chi connectivity index (χ1n) is 4.45. The normalized spacial score (nSPS) is 27.3. The lowest BCUT2D eigenvalue weighted by Gasteiger charge is -2.17. The van der Waals surface area contributed by atoms with Crippen molar-refractivity contribution in [2.75, 3.05) is 6.54 Å². The van der Waals surface area contributed by atoms with Crippen LogP contribution in [0.3, 0.4) is 0 Å². The van der Waals surface area contributed by atoms with Gasteiger partial charge < -0.3 is 10.4 Å². The van der Waals surface area contributed by atoms with Crippen molar-refractivity contribution in [1.29, 1.82) is 0 Å². The molecule has 0 aliphatic heterocycles. The van der Waals surface area contributed by atoms with Crippen molar-refractivity contribution < 1.29 is 9.90 Å². The first kappa shape index (κ1) is 9.52. The number of carbonyl (C=O) groups is 1. The van der Waals surface area contributed by atoms with E-state index < -0.39 is 5.97 Å². The molecule has 0 aromatic rings. The Balaban J connectivity index is 2.24. The lowest BCUT2D eigenvalue weighted by Crippen LogP contribution is -2.32. The zero-order chi connectivity index (χ0) is 9.19. The van der Waals surface area contributed by atoms with Crippen LogP contribution < -0.4 is 5.32 Å². The Kier molecular flexibility index (Phi) is 2.73. The molecule has 3 nitrogen and oxygen atoms in total. The van der Waals surface area contributed by atoms with Gasteiger partial charge in [-0.05, 0) is 24.7 Å². The van der Waals surface area contributed by atoms with Crippen LogP contribution in [0, 0.1) is 5.41 Å². The lowest BCUT2D eigenvalue weighted by molar-refractivity contribution is -0.136. The Morgan fingerprint density at radius 2 is 2.33 bits per heavy atom. The average Bonchev–Trinajstić information content (AvgIpc) is 2.26. The summed E-state index contributed by atoms with van der Waals surface area (Å²) in [5.41, 5.74) is 0.399. The van der Waals surface area contributed by atoms with Gasteiger partial charge in [0.15, 0.2) is 0 Å². The van der Waals surface area contributed by atoms with Crippen LogP contribution in [-0.2, 0) is 4.79 Å². The van der Waals surface area contributed by atoms with Crippen LogP contribution in [0.25, 0.3) is 0 Å². The highest BCUT2D eigenvalue weighted by molar-refractivity contribution is 5.69. The van der Waals surface area contributed by atoms with Gasteiger partial charge in [0.1, 0.15) is 0 Å². The van der Waals surface area contributed by atoms with E-state index in [0.29, 0.717) is 11.5 Å². The quantitative estimate of drug-likeness (QED) is 0.671. The fourth-order valence-corrected chi connectivity index (χ4v) is 1.84. The molecule has 0 saturated heterocycles. The van der Waals surface area contributed by atoms with Crippen molar-refractivity contribution in [2.45, 2.75) is 39.2 Å². The first-order valence-corrected chi connectivity index (χ1v) is 4.45. The Morgan fingerprint density at radius 1 is 1.67 bits per heavy atom. The van der Waals surface area contributed by atoms with Crippen molar-refractivity contribution in [3.8, 4) is 0 Å². The maximum atomic E-state index is 10.3. The van der Waals surface area contributed by atoms with Gasteiger partial charge in [-0.3, -0.25) is 4.79 Å². The summed E-state index contributed by atoms with van der Waals surface area (Å²) in [7, 11) is 0. The standard InChI is InChI=1S/C9H17NO2/c1-9(2)4-3-7(5-9)10-6-8(11)12/h7,10H,3-6H2,1-2H3,(H,11,12). The maximum Gasteiger partial charge on any atom is 0.317 e. The largest absolute Gasteiger partial charge is 0.480 e. The van der Waals surface area contributed by atoms with Crippen LogP contribution in [0.15, 0.2) is 0 Å². The van der Waals surface area contributed by atoms with E-state index in [0.717, 1.165) is 12.8 Å². The third kappa shape index (κ3) is 2.81. The molecule has 3 heteroatoms. The smallest absolute Gasteiger partial charge is 0.317 e. The summed E-state index contributed by atoms with van der Waals surface area (Å²) in [6, 6.07) is 0.413. The topological polar surface area (TPSA) is 49.3 Å². The van der Waals surface area contributed by atoms with E-state index in [1.54, 1.807) is 0 Å². The molecular weight excluding hydrogens is 154 g/mol. The molecule has 70 valence electrons. The van der Waals surface area contributed by atoms with E-state index in [1.807, 2.05) is 0 Å². The SMILES string of the molecule is CC1(C)CCC(NCC(=O)O)C1. The molecule has 0 amide bonds. The summed E-state index contributed by atoms with van der Waals surface area (Å²) >= 11 is 0. The Bertz CT molecular complexity index is 177. The third-order valence-electron chi connectivity index (χ3n) is 2.51. The summed E-state index contributed by atoms with van der Waals surface area (Å²) in [6.45, 7) is 4.56. The molecule has 1 saturated carbocycles. The zero-order valence-electron chi connectivity index (χ0n) is 7.76. The molecule has 1 unspecified atom stereocenters. The van der Waals surface area contributed by atoms with Crippen LogP contribution in [0.1, 0.15) is 33.1 Å². The molecule has 1 rings (SSSR count). The summed E-state index contributed by atoms with van der Waals surface area (Å²) < 4.78 is 0. The van der Waals surface area contributed by atoms with Crippen LogP contribution in [-0.4, -0.2) is 23.7 Å². The van der Waals surface area contributed by atoms with E-state index >= 15 is 0 Å². The van der Waals surface area contributed by atoms with E-state index in [1.165, 1.54) is 6.42 Å². The van der Waals surface area contributed by atoms with Gasteiger partial charge in [-0.25, -0.2) is 0 Å².